The molecule has 0 saturated carbocycles. The molecule has 0 fully saturated rings. The van der Waals surface area contributed by atoms with Crippen molar-refractivity contribution in [3.63, 3.8) is 0 Å². The number of hydrogen-bond donors (Lipinski definition) is 1. The van der Waals surface area contributed by atoms with Crippen LogP contribution in [0.2, 0.25) is 0 Å². The zero-order valence-corrected chi connectivity index (χ0v) is 18.7. The number of rotatable bonds is 2. The van der Waals surface area contributed by atoms with Crippen molar-refractivity contribution in [1.29, 1.82) is 0 Å². The van der Waals surface area contributed by atoms with Gasteiger partial charge in [-0.3, -0.25) is 0 Å². The maximum atomic E-state index is 6.29. The Morgan fingerprint density at radius 1 is 0.667 bits per heavy atom. The monoisotopic (exact) mass is 443 g/mol. The minimum Gasteiger partial charge on any atom is -0.493 e. The van der Waals surface area contributed by atoms with Crippen LogP contribution in [0.4, 0.5) is 5.69 Å². The summed E-state index contributed by atoms with van der Waals surface area (Å²) in [6.45, 7) is 3.54. The number of hydrogen-bond acceptors (Lipinski definition) is 5. The van der Waals surface area contributed by atoms with Crippen molar-refractivity contribution in [2.45, 2.75) is 31.1 Å². The Labute approximate surface area is 194 Å². The molecule has 0 radical (unpaired) electrons. The lowest BCUT2D eigenvalue weighted by Crippen LogP contribution is -2.15. The first kappa shape index (κ1) is 20.3. The quantitative estimate of drug-likeness (QED) is 0.563. The number of benzene rings is 3. The Morgan fingerprint density at radius 2 is 1.42 bits per heavy atom. The molecule has 2 atom stereocenters. The summed E-state index contributed by atoms with van der Waals surface area (Å²) in [5, 5.41) is 3.47. The highest BCUT2D eigenvalue weighted by Crippen LogP contribution is 2.39. The van der Waals surface area contributed by atoms with Crippen LogP contribution in [0, 0.1) is 0 Å². The van der Waals surface area contributed by atoms with Gasteiger partial charge in [0.15, 0.2) is 11.5 Å². The molecule has 170 valence electrons. The molecule has 3 aromatic carbocycles. The predicted molar refractivity (Wildman–Crippen MR) is 128 cm³/mol. The van der Waals surface area contributed by atoms with Gasteiger partial charge in [-0.1, -0.05) is 30.3 Å². The molecule has 0 aliphatic carbocycles. The molecule has 3 aliphatic heterocycles. The molecule has 0 saturated heterocycles. The summed E-state index contributed by atoms with van der Waals surface area (Å²) >= 11 is 0. The van der Waals surface area contributed by atoms with Gasteiger partial charge in [0.1, 0.15) is 11.5 Å². The number of para-hydroxylation sites is 1. The van der Waals surface area contributed by atoms with E-state index in [2.05, 4.69) is 59.9 Å². The van der Waals surface area contributed by atoms with Crippen LogP contribution in [-0.4, -0.2) is 33.0 Å². The first-order valence-corrected chi connectivity index (χ1v) is 11.9. The van der Waals surface area contributed by atoms with E-state index < -0.39 is 0 Å². The van der Waals surface area contributed by atoms with Gasteiger partial charge >= 0.3 is 0 Å². The zero-order valence-electron chi connectivity index (χ0n) is 18.7. The summed E-state index contributed by atoms with van der Waals surface area (Å²) in [5.41, 5.74) is 4.80. The van der Waals surface area contributed by atoms with E-state index in [4.69, 9.17) is 18.9 Å². The Hall–Kier alpha value is -3.34. The van der Waals surface area contributed by atoms with E-state index in [1.54, 1.807) is 0 Å². The van der Waals surface area contributed by atoms with Crippen LogP contribution in [0.1, 0.15) is 41.4 Å². The third-order valence-corrected chi connectivity index (χ3v) is 6.86. The number of aryl methyl sites for hydroxylation is 1. The summed E-state index contributed by atoms with van der Waals surface area (Å²) in [5.74, 6) is 4.07. The Morgan fingerprint density at radius 3 is 2.36 bits per heavy atom. The molecule has 0 aromatic heterocycles. The van der Waals surface area contributed by atoms with Crippen LogP contribution in [0.15, 0.2) is 60.7 Å². The topological polar surface area (TPSA) is 49.0 Å². The van der Waals surface area contributed by atoms with E-state index >= 15 is 0 Å². The Bertz CT molecular complexity index is 1120. The molecule has 2 unspecified atom stereocenters. The second kappa shape index (κ2) is 8.89. The van der Waals surface area contributed by atoms with E-state index in [9.17, 15) is 0 Å². The van der Waals surface area contributed by atoms with Gasteiger partial charge in [-0.05, 0) is 66.3 Å². The molecule has 5 nitrogen and oxygen atoms in total. The van der Waals surface area contributed by atoms with Gasteiger partial charge in [0.25, 0.3) is 0 Å². The van der Waals surface area contributed by atoms with Gasteiger partial charge < -0.3 is 24.3 Å². The second-order valence-electron chi connectivity index (χ2n) is 9.06. The molecule has 0 amide bonds. The van der Waals surface area contributed by atoms with E-state index in [-0.39, 0.29) is 5.92 Å². The smallest absolute Gasteiger partial charge is 0.161 e. The highest BCUT2D eigenvalue weighted by molar-refractivity contribution is 5.59. The lowest BCUT2D eigenvalue weighted by molar-refractivity contribution is 0.263. The van der Waals surface area contributed by atoms with Gasteiger partial charge in [-0.2, -0.15) is 0 Å². The van der Waals surface area contributed by atoms with Gasteiger partial charge in [0.05, 0.1) is 38.0 Å². The van der Waals surface area contributed by atoms with Crippen LogP contribution in [0.3, 0.4) is 0 Å². The molecule has 1 N–H and O–H groups in total. The second-order valence-corrected chi connectivity index (χ2v) is 9.06. The van der Waals surface area contributed by atoms with Crippen molar-refractivity contribution in [3.05, 3.63) is 77.4 Å². The highest BCUT2D eigenvalue weighted by atomic mass is 16.5. The van der Waals surface area contributed by atoms with Crippen molar-refractivity contribution in [2.24, 2.45) is 0 Å². The standard InChI is InChI=1S/C28H29NO4/c1-2-5-25-19(4-1)6-7-22(16-31-25)21-9-11-27-28(15-21)33-18-23(17-32-27)20-8-10-26-24(14-20)29-12-3-13-30-26/h1-2,4-5,8-11,14-15,22-23,29H,3,6-7,12-13,16-18H2. The van der Waals surface area contributed by atoms with Gasteiger partial charge in [0.2, 0.25) is 0 Å². The molecular formula is C28H29NO4. The van der Waals surface area contributed by atoms with Gasteiger partial charge in [-0.25, -0.2) is 0 Å². The summed E-state index contributed by atoms with van der Waals surface area (Å²) in [6, 6.07) is 21.1. The van der Waals surface area contributed by atoms with Crippen LogP contribution in [-0.2, 0) is 6.42 Å². The molecule has 0 spiro atoms. The molecule has 3 heterocycles. The average Bonchev–Trinajstić information content (AvgIpc) is 3.31. The van der Waals surface area contributed by atoms with Gasteiger partial charge in [-0.15, -0.1) is 0 Å². The van der Waals surface area contributed by atoms with E-state index in [0.717, 1.165) is 61.1 Å². The van der Waals surface area contributed by atoms with Gasteiger partial charge in [0, 0.05) is 12.5 Å². The summed E-state index contributed by atoms with van der Waals surface area (Å²) in [4.78, 5) is 0. The lowest BCUT2D eigenvalue weighted by Gasteiger charge is -2.17. The minimum atomic E-state index is 0.159. The lowest BCUT2D eigenvalue weighted by atomic mass is 9.93. The van der Waals surface area contributed by atoms with Crippen molar-refractivity contribution >= 4 is 5.69 Å². The summed E-state index contributed by atoms with van der Waals surface area (Å²) < 4.78 is 24.4. The molecule has 33 heavy (non-hydrogen) atoms. The third-order valence-electron chi connectivity index (χ3n) is 6.86. The van der Waals surface area contributed by atoms with Crippen molar-refractivity contribution < 1.29 is 18.9 Å². The normalized spacial score (nSPS) is 21.6. The van der Waals surface area contributed by atoms with E-state index in [1.807, 2.05) is 6.07 Å². The van der Waals surface area contributed by atoms with Crippen LogP contribution < -0.4 is 24.3 Å². The summed E-state index contributed by atoms with van der Waals surface area (Å²) in [6.07, 6.45) is 3.09. The highest BCUT2D eigenvalue weighted by Gasteiger charge is 2.24. The number of nitrogens with one attached hydrogen (secondary N) is 1. The molecular weight excluding hydrogens is 414 g/mol. The predicted octanol–water partition coefficient (Wildman–Crippen LogP) is 5.54. The van der Waals surface area contributed by atoms with Crippen LogP contribution in [0.25, 0.3) is 0 Å². The largest absolute Gasteiger partial charge is 0.493 e. The summed E-state index contributed by atoms with van der Waals surface area (Å²) in [7, 11) is 0. The fraction of sp³-hybridized carbons (Fsp3) is 0.357. The third kappa shape index (κ3) is 4.20. The van der Waals surface area contributed by atoms with E-state index in [1.165, 1.54) is 16.7 Å². The molecule has 3 aromatic rings. The van der Waals surface area contributed by atoms with Crippen LogP contribution >= 0.6 is 0 Å². The van der Waals surface area contributed by atoms with Crippen LogP contribution in [0.5, 0.6) is 23.0 Å². The molecule has 5 heteroatoms. The van der Waals surface area contributed by atoms with Crippen molar-refractivity contribution in [3.8, 4) is 23.0 Å². The zero-order chi connectivity index (χ0) is 22.0. The Balaban J connectivity index is 1.17. The van der Waals surface area contributed by atoms with Crippen molar-refractivity contribution in [1.82, 2.24) is 0 Å². The van der Waals surface area contributed by atoms with E-state index in [0.29, 0.717) is 25.7 Å². The Kier molecular flexibility index (Phi) is 5.46. The fourth-order valence-electron chi connectivity index (χ4n) is 4.89. The minimum absolute atomic E-state index is 0.159. The number of anilines is 1. The first-order valence-electron chi connectivity index (χ1n) is 11.9. The maximum Gasteiger partial charge on any atom is 0.161 e. The SMILES string of the molecule is c1ccc2c(c1)CCC(c1ccc3c(c1)OCC(c1ccc4c(c1)NCCCO4)CO3)CO2. The number of fused-ring (bicyclic) bond motifs is 3. The number of ether oxygens (including phenoxy) is 4. The fourth-order valence-corrected chi connectivity index (χ4v) is 4.89. The molecule has 3 aliphatic rings. The average molecular weight is 444 g/mol. The first-order chi connectivity index (χ1) is 16.3. The van der Waals surface area contributed by atoms with Crippen molar-refractivity contribution in [2.75, 3.05) is 38.3 Å². The molecule has 0 bridgehead atoms. The maximum absolute atomic E-state index is 6.29. The molecule has 6 rings (SSSR count).